The molecule has 0 atom stereocenters. The van der Waals surface area contributed by atoms with E-state index in [0.29, 0.717) is 0 Å². The van der Waals surface area contributed by atoms with Crippen LogP contribution in [0.3, 0.4) is 0 Å². The average Bonchev–Trinajstić information content (AvgIpc) is 2.24. The fourth-order valence-corrected chi connectivity index (χ4v) is 1.61. The fraction of sp³-hybridized carbons (Fsp3) is 0.538. The third kappa shape index (κ3) is 5.14. The number of hydrogen-bond acceptors (Lipinski definition) is 3. The molecule has 0 aromatic heterocycles. The van der Waals surface area contributed by atoms with Crippen molar-refractivity contribution in [3.8, 4) is 0 Å². The summed E-state index contributed by atoms with van der Waals surface area (Å²) in [7, 11) is 4.14. The summed E-state index contributed by atoms with van der Waals surface area (Å²) in [6.45, 7) is 2.17. The van der Waals surface area contributed by atoms with E-state index in [1.807, 2.05) is 0 Å². The molecule has 0 fully saturated rings. The van der Waals surface area contributed by atoms with Gasteiger partial charge in [-0.2, -0.15) is 0 Å². The normalized spacial score (nSPS) is 10.8. The molecule has 0 heterocycles. The highest BCUT2D eigenvalue weighted by atomic mass is 16.2. The molecule has 0 unspecified atom stereocenters. The summed E-state index contributed by atoms with van der Waals surface area (Å²) >= 11 is 0. The van der Waals surface area contributed by atoms with Crippen molar-refractivity contribution in [1.29, 1.82) is 0 Å². The van der Waals surface area contributed by atoms with Crippen molar-refractivity contribution < 1.29 is 5.11 Å². The van der Waals surface area contributed by atoms with Crippen LogP contribution in [0.1, 0.15) is 18.4 Å². The summed E-state index contributed by atoms with van der Waals surface area (Å²) < 4.78 is 0. The van der Waals surface area contributed by atoms with Crippen LogP contribution in [0.4, 0.5) is 5.69 Å². The second-order valence-electron chi connectivity index (χ2n) is 4.30. The molecule has 2 N–H and O–H groups in total. The van der Waals surface area contributed by atoms with Crippen LogP contribution in [-0.4, -0.2) is 37.3 Å². The number of anilines is 1. The van der Waals surface area contributed by atoms with E-state index in [1.165, 1.54) is 5.56 Å². The Kier molecular flexibility index (Phi) is 5.90. The molecule has 0 spiro atoms. The second kappa shape index (κ2) is 7.25. The second-order valence-corrected chi connectivity index (χ2v) is 4.30. The molecule has 0 saturated carbocycles. The van der Waals surface area contributed by atoms with Gasteiger partial charge >= 0.3 is 0 Å². The van der Waals surface area contributed by atoms with Gasteiger partial charge in [-0.1, -0.05) is 12.1 Å². The van der Waals surface area contributed by atoms with Crippen LogP contribution in [0, 0.1) is 0 Å². The van der Waals surface area contributed by atoms with Crippen LogP contribution in [0.15, 0.2) is 24.3 Å². The molecule has 1 aromatic rings. The zero-order valence-electron chi connectivity index (χ0n) is 10.2. The Morgan fingerprint density at radius 3 is 2.75 bits per heavy atom. The molecule has 3 nitrogen and oxygen atoms in total. The van der Waals surface area contributed by atoms with Gasteiger partial charge in [0.15, 0.2) is 0 Å². The topological polar surface area (TPSA) is 35.5 Å². The van der Waals surface area contributed by atoms with E-state index in [0.717, 1.165) is 31.6 Å². The SMILES string of the molecule is CN(C)Cc1cccc(NCCCCO)c1. The Morgan fingerprint density at radius 2 is 2.06 bits per heavy atom. The van der Waals surface area contributed by atoms with Crippen molar-refractivity contribution in [2.75, 3.05) is 32.6 Å². The first-order chi connectivity index (χ1) is 7.72. The van der Waals surface area contributed by atoms with Gasteiger partial charge in [0.1, 0.15) is 0 Å². The zero-order chi connectivity index (χ0) is 11.8. The first kappa shape index (κ1) is 13.0. The average molecular weight is 222 g/mol. The molecule has 0 amide bonds. The summed E-state index contributed by atoms with van der Waals surface area (Å²) in [4.78, 5) is 2.16. The highest BCUT2D eigenvalue weighted by Gasteiger charge is 1.97. The van der Waals surface area contributed by atoms with Crippen molar-refractivity contribution in [3.63, 3.8) is 0 Å². The molecule has 0 radical (unpaired) electrons. The molecule has 0 aliphatic heterocycles. The van der Waals surface area contributed by atoms with E-state index in [9.17, 15) is 0 Å². The van der Waals surface area contributed by atoms with Gasteiger partial charge in [-0.25, -0.2) is 0 Å². The minimum absolute atomic E-state index is 0.280. The van der Waals surface area contributed by atoms with E-state index < -0.39 is 0 Å². The van der Waals surface area contributed by atoms with Crippen LogP contribution in [0.25, 0.3) is 0 Å². The first-order valence-electron chi connectivity index (χ1n) is 5.81. The van der Waals surface area contributed by atoms with E-state index in [4.69, 9.17) is 5.11 Å². The molecule has 1 aromatic carbocycles. The molecule has 0 aliphatic carbocycles. The first-order valence-corrected chi connectivity index (χ1v) is 5.81. The Morgan fingerprint density at radius 1 is 1.25 bits per heavy atom. The largest absolute Gasteiger partial charge is 0.396 e. The maximum atomic E-state index is 8.67. The lowest BCUT2D eigenvalue weighted by molar-refractivity contribution is 0.286. The summed E-state index contributed by atoms with van der Waals surface area (Å²) in [6.07, 6.45) is 1.87. The number of rotatable bonds is 7. The summed E-state index contributed by atoms with van der Waals surface area (Å²) in [5.41, 5.74) is 2.48. The number of nitrogens with zero attached hydrogens (tertiary/aromatic N) is 1. The number of aliphatic hydroxyl groups is 1. The van der Waals surface area contributed by atoms with Crippen LogP contribution in [-0.2, 0) is 6.54 Å². The van der Waals surface area contributed by atoms with Crippen molar-refractivity contribution in [1.82, 2.24) is 4.90 Å². The fourth-order valence-electron chi connectivity index (χ4n) is 1.61. The molecule has 3 heteroatoms. The lowest BCUT2D eigenvalue weighted by Crippen LogP contribution is -2.11. The summed E-state index contributed by atoms with van der Waals surface area (Å²) in [5, 5.41) is 12.0. The van der Waals surface area contributed by atoms with Crippen LogP contribution in [0.2, 0.25) is 0 Å². The molecule has 0 aliphatic rings. The Bertz CT molecular complexity index is 300. The van der Waals surface area contributed by atoms with Gasteiger partial charge in [-0.05, 0) is 44.6 Å². The predicted molar refractivity (Wildman–Crippen MR) is 68.6 cm³/mol. The summed E-state index contributed by atoms with van der Waals surface area (Å²) in [6, 6.07) is 8.48. The van der Waals surface area contributed by atoms with E-state index in [1.54, 1.807) is 0 Å². The predicted octanol–water partition coefficient (Wildman–Crippen LogP) is 1.93. The highest BCUT2D eigenvalue weighted by Crippen LogP contribution is 2.11. The van der Waals surface area contributed by atoms with Gasteiger partial charge in [-0.3, -0.25) is 0 Å². The van der Waals surface area contributed by atoms with Gasteiger partial charge < -0.3 is 15.3 Å². The maximum absolute atomic E-state index is 8.67. The van der Waals surface area contributed by atoms with Crippen LogP contribution < -0.4 is 5.32 Å². The third-order valence-electron chi connectivity index (χ3n) is 2.34. The zero-order valence-corrected chi connectivity index (χ0v) is 10.2. The number of benzene rings is 1. The number of aliphatic hydroxyl groups excluding tert-OH is 1. The Hall–Kier alpha value is -1.06. The van der Waals surface area contributed by atoms with Crippen LogP contribution >= 0.6 is 0 Å². The molecule has 0 bridgehead atoms. The molecule has 16 heavy (non-hydrogen) atoms. The van der Waals surface area contributed by atoms with E-state index in [2.05, 4.69) is 48.6 Å². The van der Waals surface area contributed by atoms with Crippen LogP contribution in [0.5, 0.6) is 0 Å². The number of hydrogen-bond donors (Lipinski definition) is 2. The smallest absolute Gasteiger partial charge is 0.0431 e. The van der Waals surface area contributed by atoms with Crippen molar-refractivity contribution >= 4 is 5.69 Å². The van der Waals surface area contributed by atoms with Gasteiger partial charge in [-0.15, -0.1) is 0 Å². The van der Waals surface area contributed by atoms with E-state index in [-0.39, 0.29) is 6.61 Å². The molecule has 90 valence electrons. The standard InChI is InChI=1S/C13H22N2O/c1-15(2)11-12-6-5-7-13(10-12)14-8-3-4-9-16/h5-7,10,14,16H,3-4,8-9,11H2,1-2H3. The van der Waals surface area contributed by atoms with Gasteiger partial charge in [0, 0.05) is 25.4 Å². The van der Waals surface area contributed by atoms with Gasteiger partial charge in [0.05, 0.1) is 0 Å². The van der Waals surface area contributed by atoms with Crippen molar-refractivity contribution in [2.24, 2.45) is 0 Å². The lowest BCUT2D eigenvalue weighted by atomic mass is 10.2. The Balaban J connectivity index is 2.41. The minimum atomic E-state index is 0.280. The number of unbranched alkanes of at least 4 members (excludes halogenated alkanes) is 1. The van der Waals surface area contributed by atoms with Gasteiger partial charge in [0.25, 0.3) is 0 Å². The molecular formula is C13H22N2O. The minimum Gasteiger partial charge on any atom is -0.396 e. The molecular weight excluding hydrogens is 200 g/mol. The number of nitrogens with one attached hydrogen (secondary N) is 1. The molecule has 1 rings (SSSR count). The maximum Gasteiger partial charge on any atom is 0.0431 e. The highest BCUT2D eigenvalue weighted by molar-refractivity contribution is 5.45. The van der Waals surface area contributed by atoms with Crippen molar-refractivity contribution in [3.05, 3.63) is 29.8 Å². The van der Waals surface area contributed by atoms with E-state index >= 15 is 0 Å². The summed E-state index contributed by atoms with van der Waals surface area (Å²) in [5.74, 6) is 0. The molecule has 0 saturated heterocycles. The van der Waals surface area contributed by atoms with Crippen molar-refractivity contribution in [2.45, 2.75) is 19.4 Å². The monoisotopic (exact) mass is 222 g/mol. The lowest BCUT2D eigenvalue weighted by Gasteiger charge is -2.11. The quantitative estimate of drug-likeness (QED) is 0.692. The Labute approximate surface area is 98.1 Å². The third-order valence-corrected chi connectivity index (χ3v) is 2.34. The van der Waals surface area contributed by atoms with Gasteiger partial charge in [0.2, 0.25) is 0 Å².